The standard InChI is InChI=1S/C22H30N4O2S.HI/c1-23-21(25-16-18-10-12-20(13-11-18)29(27,28)24-2)26-17-22(14-6-7-15-22)19-8-4-3-5-9-19;/h3-5,8-13,24H,6-7,14-17H2,1-2H3,(H2,23,25,26);1H. The van der Waals surface area contributed by atoms with E-state index in [2.05, 4.69) is 50.7 Å². The van der Waals surface area contributed by atoms with E-state index in [1.807, 2.05) is 12.1 Å². The van der Waals surface area contributed by atoms with Crippen molar-refractivity contribution in [2.45, 2.75) is 42.5 Å². The number of hydrogen-bond acceptors (Lipinski definition) is 3. The second-order valence-electron chi connectivity index (χ2n) is 7.48. The normalized spacial score (nSPS) is 16.0. The first-order valence-corrected chi connectivity index (χ1v) is 11.5. The number of aliphatic imine (C=N–C) groups is 1. The third kappa shape index (κ3) is 5.95. The van der Waals surface area contributed by atoms with Gasteiger partial charge in [0.2, 0.25) is 10.0 Å². The lowest BCUT2D eigenvalue weighted by atomic mass is 9.79. The molecule has 1 saturated carbocycles. The van der Waals surface area contributed by atoms with Gasteiger partial charge in [-0.25, -0.2) is 13.1 Å². The van der Waals surface area contributed by atoms with Gasteiger partial charge < -0.3 is 10.6 Å². The Kier molecular flexibility index (Phi) is 9.11. The molecule has 0 saturated heterocycles. The van der Waals surface area contributed by atoms with Crippen LogP contribution in [0.25, 0.3) is 0 Å². The number of benzene rings is 2. The zero-order chi connectivity index (χ0) is 20.7. The van der Waals surface area contributed by atoms with E-state index >= 15 is 0 Å². The van der Waals surface area contributed by atoms with E-state index in [1.165, 1.54) is 38.3 Å². The molecule has 2 aromatic rings. The van der Waals surface area contributed by atoms with Crippen LogP contribution in [0.5, 0.6) is 0 Å². The molecular weight excluding hydrogens is 511 g/mol. The number of rotatable bonds is 7. The fourth-order valence-electron chi connectivity index (χ4n) is 3.97. The summed E-state index contributed by atoms with van der Waals surface area (Å²) in [5, 5.41) is 6.82. The Morgan fingerprint density at radius 1 is 1.00 bits per heavy atom. The topological polar surface area (TPSA) is 82.6 Å². The minimum atomic E-state index is -3.41. The molecule has 0 heterocycles. The van der Waals surface area contributed by atoms with Crippen LogP contribution in [0.2, 0.25) is 0 Å². The van der Waals surface area contributed by atoms with Crippen LogP contribution in [0.1, 0.15) is 36.8 Å². The molecule has 0 aromatic heterocycles. The van der Waals surface area contributed by atoms with Crippen LogP contribution in [0, 0.1) is 0 Å². The Morgan fingerprint density at radius 3 is 2.20 bits per heavy atom. The fourth-order valence-corrected chi connectivity index (χ4v) is 4.70. The first-order valence-electron chi connectivity index (χ1n) is 10.0. The molecule has 2 aromatic carbocycles. The number of sulfonamides is 1. The Balaban J connectivity index is 0.00000320. The number of guanidine groups is 1. The molecule has 0 spiro atoms. The van der Waals surface area contributed by atoms with Crippen LogP contribution in [-0.2, 0) is 22.0 Å². The van der Waals surface area contributed by atoms with E-state index in [0.29, 0.717) is 6.54 Å². The van der Waals surface area contributed by atoms with E-state index in [1.54, 1.807) is 19.2 Å². The number of nitrogens with one attached hydrogen (secondary N) is 3. The molecule has 3 rings (SSSR count). The summed E-state index contributed by atoms with van der Waals surface area (Å²) in [6.07, 6.45) is 4.87. The Morgan fingerprint density at radius 2 is 1.63 bits per heavy atom. The third-order valence-electron chi connectivity index (χ3n) is 5.73. The number of halogens is 1. The lowest BCUT2D eigenvalue weighted by Crippen LogP contribution is -2.44. The van der Waals surface area contributed by atoms with Crippen molar-refractivity contribution in [3.05, 3.63) is 65.7 Å². The zero-order valence-corrected chi connectivity index (χ0v) is 20.7. The van der Waals surface area contributed by atoms with Crippen molar-refractivity contribution in [1.82, 2.24) is 15.4 Å². The molecule has 8 heteroatoms. The van der Waals surface area contributed by atoms with Gasteiger partial charge in [0, 0.05) is 25.6 Å². The Labute approximate surface area is 197 Å². The molecule has 164 valence electrons. The van der Waals surface area contributed by atoms with Crippen molar-refractivity contribution < 1.29 is 8.42 Å². The highest BCUT2D eigenvalue weighted by Crippen LogP contribution is 2.40. The zero-order valence-electron chi connectivity index (χ0n) is 17.5. The minimum Gasteiger partial charge on any atom is -0.356 e. The van der Waals surface area contributed by atoms with E-state index in [-0.39, 0.29) is 34.3 Å². The van der Waals surface area contributed by atoms with Crippen LogP contribution in [-0.4, -0.2) is 35.0 Å². The van der Waals surface area contributed by atoms with Crippen LogP contribution >= 0.6 is 24.0 Å². The van der Waals surface area contributed by atoms with Crippen molar-refractivity contribution in [3.8, 4) is 0 Å². The van der Waals surface area contributed by atoms with E-state index in [9.17, 15) is 8.42 Å². The monoisotopic (exact) mass is 542 g/mol. The van der Waals surface area contributed by atoms with E-state index in [4.69, 9.17) is 0 Å². The summed E-state index contributed by atoms with van der Waals surface area (Å²) < 4.78 is 26.0. The van der Waals surface area contributed by atoms with Gasteiger partial charge in [0.1, 0.15) is 0 Å². The molecule has 0 bridgehead atoms. The first-order chi connectivity index (χ1) is 14.0. The van der Waals surface area contributed by atoms with Gasteiger partial charge in [-0.2, -0.15) is 0 Å². The fraction of sp³-hybridized carbons (Fsp3) is 0.409. The molecule has 0 amide bonds. The molecular formula is C22H31IN4O2S. The molecule has 6 nitrogen and oxygen atoms in total. The van der Waals surface area contributed by atoms with Crippen molar-refractivity contribution in [2.24, 2.45) is 4.99 Å². The number of hydrogen-bond donors (Lipinski definition) is 3. The van der Waals surface area contributed by atoms with Crippen molar-refractivity contribution in [3.63, 3.8) is 0 Å². The quantitative estimate of drug-likeness (QED) is 0.285. The Hall–Kier alpha value is -1.65. The predicted octanol–water partition coefficient (Wildman–Crippen LogP) is 3.39. The summed E-state index contributed by atoms with van der Waals surface area (Å²) >= 11 is 0. The second-order valence-corrected chi connectivity index (χ2v) is 9.37. The summed E-state index contributed by atoms with van der Waals surface area (Å²) in [7, 11) is -0.233. The van der Waals surface area contributed by atoms with Crippen molar-refractivity contribution >= 4 is 40.0 Å². The summed E-state index contributed by atoms with van der Waals surface area (Å²) in [6, 6.07) is 17.6. The third-order valence-corrected chi connectivity index (χ3v) is 7.16. The smallest absolute Gasteiger partial charge is 0.240 e. The predicted molar refractivity (Wildman–Crippen MR) is 133 cm³/mol. The maximum Gasteiger partial charge on any atom is 0.240 e. The molecule has 1 fully saturated rings. The molecule has 3 N–H and O–H groups in total. The summed E-state index contributed by atoms with van der Waals surface area (Å²) in [5.74, 6) is 0.749. The highest BCUT2D eigenvalue weighted by molar-refractivity contribution is 14.0. The van der Waals surface area contributed by atoms with Gasteiger partial charge in [0.25, 0.3) is 0 Å². The van der Waals surface area contributed by atoms with Crippen LogP contribution in [0.3, 0.4) is 0 Å². The molecule has 1 aliphatic rings. The average Bonchev–Trinajstić information content (AvgIpc) is 3.25. The van der Waals surface area contributed by atoms with Gasteiger partial charge >= 0.3 is 0 Å². The second kappa shape index (κ2) is 11.1. The van der Waals surface area contributed by atoms with Crippen LogP contribution < -0.4 is 15.4 Å². The molecule has 0 unspecified atom stereocenters. The molecule has 0 atom stereocenters. The molecule has 0 radical (unpaired) electrons. The van der Waals surface area contributed by atoms with Crippen LogP contribution in [0.15, 0.2) is 64.5 Å². The van der Waals surface area contributed by atoms with E-state index in [0.717, 1.165) is 18.1 Å². The lowest BCUT2D eigenvalue weighted by Gasteiger charge is -2.30. The van der Waals surface area contributed by atoms with Crippen LogP contribution in [0.4, 0.5) is 0 Å². The van der Waals surface area contributed by atoms with Crippen molar-refractivity contribution in [2.75, 3.05) is 20.6 Å². The number of nitrogens with zero attached hydrogens (tertiary/aromatic N) is 1. The first kappa shape index (κ1) is 24.6. The molecule has 0 aliphatic heterocycles. The maximum absolute atomic E-state index is 11.8. The van der Waals surface area contributed by atoms with Gasteiger partial charge in [0.15, 0.2) is 5.96 Å². The molecule has 30 heavy (non-hydrogen) atoms. The summed E-state index contributed by atoms with van der Waals surface area (Å²) in [4.78, 5) is 4.61. The maximum atomic E-state index is 11.8. The van der Waals surface area contributed by atoms with Gasteiger partial charge in [-0.1, -0.05) is 55.3 Å². The van der Waals surface area contributed by atoms with E-state index < -0.39 is 10.0 Å². The highest BCUT2D eigenvalue weighted by Gasteiger charge is 2.35. The van der Waals surface area contributed by atoms with Gasteiger partial charge in [-0.15, -0.1) is 24.0 Å². The lowest BCUT2D eigenvalue weighted by molar-refractivity contribution is 0.431. The summed E-state index contributed by atoms with van der Waals surface area (Å²) in [5.41, 5.74) is 2.53. The van der Waals surface area contributed by atoms with Gasteiger partial charge in [0.05, 0.1) is 4.90 Å². The largest absolute Gasteiger partial charge is 0.356 e. The minimum absolute atomic E-state index is 0. The van der Waals surface area contributed by atoms with Crippen molar-refractivity contribution in [1.29, 1.82) is 0 Å². The van der Waals surface area contributed by atoms with Gasteiger partial charge in [-0.05, 0) is 43.1 Å². The Bertz CT molecular complexity index is 925. The summed E-state index contributed by atoms with van der Waals surface area (Å²) in [6.45, 7) is 1.41. The van der Waals surface area contributed by atoms with Gasteiger partial charge in [-0.3, -0.25) is 4.99 Å². The highest BCUT2D eigenvalue weighted by atomic mass is 127. The SMILES string of the molecule is CN=C(NCc1ccc(S(=O)(=O)NC)cc1)NCC1(c2ccccc2)CCCC1.I. The molecule has 1 aliphatic carbocycles. The average molecular weight is 542 g/mol.